The Bertz CT molecular complexity index is 905. The molecule has 0 bridgehead atoms. The third-order valence-corrected chi connectivity index (χ3v) is 5.54. The summed E-state index contributed by atoms with van der Waals surface area (Å²) in [5, 5.41) is 5.43. The largest absolute Gasteiger partial charge is 0.494 e. The van der Waals surface area contributed by atoms with Crippen LogP contribution in [0.3, 0.4) is 0 Å². The highest BCUT2D eigenvalue weighted by molar-refractivity contribution is 9.10. The lowest BCUT2D eigenvalue weighted by Crippen LogP contribution is -2.12. The number of nitrogens with zero attached hydrogens (tertiary/aromatic N) is 1. The van der Waals surface area contributed by atoms with E-state index in [1.165, 1.54) is 16.9 Å². The van der Waals surface area contributed by atoms with E-state index in [1.54, 1.807) is 0 Å². The Morgan fingerprint density at radius 3 is 2.54 bits per heavy atom. The number of carbonyl (C=O) groups is 1. The second-order valence-corrected chi connectivity index (χ2v) is 8.54. The van der Waals surface area contributed by atoms with Crippen molar-refractivity contribution >= 4 is 38.3 Å². The van der Waals surface area contributed by atoms with Crippen molar-refractivity contribution in [3.05, 3.63) is 63.9 Å². The molecule has 0 fully saturated rings. The van der Waals surface area contributed by atoms with Crippen molar-refractivity contribution < 1.29 is 9.53 Å². The quantitative estimate of drug-likeness (QED) is 0.392. The maximum absolute atomic E-state index is 12.1. The predicted molar refractivity (Wildman–Crippen MR) is 119 cm³/mol. The minimum absolute atomic E-state index is 0.0459. The maximum atomic E-state index is 12.1. The van der Waals surface area contributed by atoms with Gasteiger partial charge in [0.15, 0.2) is 5.13 Å². The summed E-state index contributed by atoms with van der Waals surface area (Å²) in [4.78, 5) is 16.6. The first kappa shape index (κ1) is 20.6. The van der Waals surface area contributed by atoms with Crippen molar-refractivity contribution in [2.45, 2.75) is 32.6 Å². The third-order valence-electron chi connectivity index (χ3n) is 4.25. The van der Waals surface area contributed by atoms with Crippen LogP contribution in [0.5, 0.6) is 5.75 Å². The normalized spacial score (nSPS) is 10.9. The number of benzene rings is 2. The number of nitrogens with one attached hydrogen (secondary N) is 1. The third kappa shape index (κ3) is 5.91. The van der Waals surface area contributed by atoms with E-state index in [1.807, 2.05) is 41.8 Å². The second-order valence-electron chi connectivity index (χ2n) is 6.77. The lowest BCUT2D eigenvalue weighted by Gasteiger charge is -2.08. The van der Waals surface area contributed by atoms with Gasteiger partial charge in [0.2, 0.25) is 5.91 Å². The van der Waals surface area contributed by atoms with Gasteiger partial charge >= 0.3 is 0 Å². The number of ether oxygens (including phenoxy) is 1. The smallest absolute Gasteiger partial charge is 0.226 e. The van der Waals surface area contributed by atoms with Crippen LogP contribution in [0.2, 0.25) is 0 Å². The molecule has 0 spiro atoms. The number of rotatable bonds is 8. The van der Waals surface area contributed by atoms with Gasteiger partial charge in [0.1, 0.15) is 5.75 Å². The molecule has 146 valence electrons. The van der Waals surface area contributed by atoms with E-state index in [0.29, 0.717) is 30.5 Å². The van der Waals surface area contributed by atoms with E-state index in [9.17, 15) is 4.79 Å². The Labute approximate surface area is 178 Å². The lowest BCUT2D eigenvalue weighted by molar-refractivity contribution is -0.116. The lowest BCUT2D eigenvalue weighted by atomic mass is 10.0. The summed E-state index contributed by atoms with van der Waals surface area (Å²) in [6, 6.07) is 16.1. The van der Waals surface area contributed by atoms with Crippen molar-refractivity contribution in [2.75, 3.05) is 11.9 Å². The highest BCUT2D eigenvalue weighted by Crippen LogP contribution is 2.26. The minimum Gasteiger partial charge on any atom is -0.494 e. The van der Waals surface area contributed by atoms with Crippen LogP contribution in [-0.4, -0.2) is 17.5 Å². The second kappa shape index (κ2) is 9.85. The van der Waals surface area contributed by atoms with Crippen molar-refractivity contribution in [3.63, 3.8) is 0 Å². The standard InChI is InChI=1S/C22H23BrN2O2S/c1-15(2)16-7-11-19(12-8-16)27-13-3-4-21(26)25-22-24-20(14-28-22)17-5-9-18(23)10-6-17/h5-12,14-15H,3-4,13H2,1-2H3,(H,24,25,26). The van der Waals surface area contributed by atoms with Crippen LogP contribution in [0.1, 0.15) is 38.2 Å². The van der Waals surface area contributed by atoms with Gasteiger partial charge in [-0.15, -0.1) is 11.3 Å². The van der Waals surface area contributed by atoms with Crippen LogP contribution in [0.4, 0.5) is 5.13 Å². The SMILES string of the molecule is CC(C)c1ccc(OCCCC(=O)Nc2nc(-c3ccc(Br)cc3)cs2)cc1. The highest BCUT2D eigenvalue weighted by Gasteiger charge is 2.08. The van der Waals surface area contributed by atoms with E-state index in [2.05, 4.69) is 52.2 Å². The minimum atomic E-state index is -0.0459. The van der Waals surface area contributed by atoms with E-state index < -0.39 is 0 Å². The van der Waals surface area contributed by atoms with Crippen LogP contribution in [0.25, 0.3) is 11.3 Å². The van der Waals surface area contributed by atoms with Gasteiger partial charge in [-0.1, -0.05) is 54.0 Å². The first-order valence-corrected chi connectivity index (χ1v) is 10.9. The van der Waals surface area contributed by atoms with Crippen LogP contribution in [-0.2, 0) is 4.79 Å². The summed E-state index contributed by atoms with van der Waals surface area (Å²) in [7, 11) is 0. The molecule has 0 atom stereocenters. The summed E-state index contributed by atoms with van der Waals surface area (Å²) >= 11 is 4.85. The molecule has 2 aromatic carbocycles. The molecule has 0 saturated heterocycles. The predicted octanol–water partition coefficient (Wildman–Crippen LogP) is 6.49. The van der Waals surface area contributed by atoms with Gasteiger partial charge in [0.25, 0.3) is 0 Å². The van der Waals surface area contributed by atoms with E-state index in [0.717, 1.165) is 21.5 Å². The summed E-state index contributed by atoms with van der Waals surface area (Å²) in [5.74, 6) is 1.30. The molecule has 0 aliphatic rings. The Balaban J connectivity index is 1.41. The van der Waals surface area contributed by atoms with Crippen molar-refractivity contribution in [1.82, 2.24) is 4.98 Å². The maximum Gasteiger partial charge on any atom is 0.226 e. The molecule has 1 N–H and O–H groups in total. The summed E-state index contributed by atoms with van der Waals surface area (Å²) in [6.45, 7) is 4.84. The highest BCUT2D eigenvalue weighted by atomic mass is 79.9. The Kier molecular flexibility index (Phi) is 7.23. The molecule has 3 aromatic rings. The van der Waals surface area contributed by atoms with Crippen LogP contribution in [0, 0.1) is 0 Å². The fourth-order valence-corrected chi connectivity index (χ4v) is 3.64. The topological polar surface area (TPSA) is 51.2 Å². The molecule has 0 aliphatic carbocycles. The molecule has 6 heteroatoms. The molecule has 0 aliphatic heterocycles. The molecular weight excluding hydrogens is 436 g/mol. The van der Waals surface area contributed by atoms with E-state index in [-0.39, 0.29) is 5.91 Å². The molecule has 1 amide bonds. The number of thiazole rings is 1. The van der Waals surface area contributed by atoms with Crippen LogP contribution >= 0.6 is 27.3 Å². The van der Waals surface area contributed by atoms with Crippen LogP contribution < -0.4 is 10.1 Å². The molecule has 28 heavy (non-hydrogen) atoms. The average Bonchev–Trinajstić information content (AvgIpc) is 3.14. The number of hydrogen-bond acceptors (Lipinski definition) is 4. The Morgan fingerprint density at radius 1 is 1.14 bits per heavy atom. The first-order valence-electron chi connectivity index (χ1n) is 9.25. The van der Waals surface area contributed by atoms with Crippen LogP contribution in [0.15, 0.2) is 58.4 Å². The zero-order chi connectivity index (χ0) is 19.9. The number of halogens is 1. The molecular formula is C22H23BrN2O2S. The molecule has 1 heterocycles. The number of aromatic nitrogens is 1. The summed E-state index contributed by atoms with van der Waals surface area (Å²) in [6.07, 6.45) is 1.06. The van der Waals surface area contributed by atoms with Gasteiger partial charge in [-0.3, -0.25) is 4.79 Å². The van der Waals surface area contributed by atoms with Gasteiger partial charge in [0.05, 0.1) is 12.3 Å². The molecule has 3 rings (SSSR count). The van der Waals surface area contributed by atoms with Crippen molar-refractivity contribution in [2.24, 2.45) is 0 Å². The zero-order valence-electron chi connectivity index (χ0n) is 15.9. The average molecular weight is 459 g/mol. The molecule has 0 radical (unpaired) electrons. The van der Waals surface area contributed by atoms with Gasteiger partial charge in [-0.2, -0.15) is 0 Å². The number of anilines is 1. The van der Waals surface area contributed by atoms with Gasteiger partial charge in [0, 0.05) is 21.8 Å². The monoisotopic (exact) mass is 458 g/mol. The fourth-order valence-electron chi connectivity index (χ4n) is 2.64. The zero-order valence-corrected chi connectivity index (χ0v) is 18.3. The van der Waals surface area contributed by atoms with Gasteiger partial charge in [-0.25, -0.2) is 4.98 Å². The van der Waals surface area contributed by atoms with E-state index >= 15 is 0 Å². The molecule has 0 saturated carbocycles. The summed E-state index contributed by atoms with van der Waals surface area (Å²) in [5.41, 5.74) is 3.18. The first-order chi connectivity index (χ1) is 13.5. The van der Waals surface area contributed by atoms with Crippen molar-refractivity contribution in [1.29, 1.82) is 0 Å². The molecule has 4 nitrogen and oxygen atoms in total. The van der Waals surface area contributed by atoms with E-state index in [4.69, 9.17) is 4.74 Å². The summed E-state index contributed by atoms with van der Waals surface area (Å²) < 4.78 is 6.74. The number of hydrogen-bond donors (Lipinski definition) is 1. The Morgan fingerprint density at radius 2 is 1.86 bits per heavy atom. The van der Waals surface area contributed by atoms with Gasteiger partial charge < -0.3 is 10.1 Å². The number of carbonyl (C=O) groups excluding carboxylic acids is 1. The van der Waals surface area contributed by atoms with Gasteiger partial charge in [-0.05, 0) is 42.2 Å². The number of amides is 1. The molecule has 1 aromatic heterocycles. The Hall–Kier alpha value is -2.18. The molecule has 0 unspecified atom stereocenters. The fraction of sp³-hybridized carbons (Fsp3) is 0.273. The van der Waals surface area contributed by atoms with Crippen molar-refractivity contribution in [3.8, 4) is 17.0 Å².